The largest absolute Gasteiger partial charge is 0.338 e. The van der Waals surface area contributed by atoms with Crippen LogP contribution in [0.3, 0.4) is 0 Å². The van der Waals surface area contributed by atoms with Crippen molar-refractivity contribution in [2.45, 2.75) is 32.7 Å². The summed E-state index contributed by atoms with van der Waals surface area (Å²) in [7, 11) is 0. The molecule has 0 aromatic heterocycles. The SMILES string of the molecule is CC(C)CCNC(=O)N1CCc2ccccc2C1c1ccccc1. The number of hydrogen-bond acceptors (Lipinski definition) is 1. The van der Waals surface area contributed by atoms with Crippen molar-refractivity contribution in [3.63, 3.8) is 0 Å². The second-order valence-corrected chi connectivity index (χ2v) is 6.87. The molecule has 3 rings (SSSR count). The number of nitrogens with one attached hydrogen (secondary N) is 1. The van der Waals surface area contributed by atoms with Gasteiger partial charge in [-0.2, -0.15) is 0 Å². The average molecular weight is 322 g/mol. The molecule has 1 aliphatic rings. The van der Waals surface area contributed by atoms with Gasteiger partial charge in [0.1, 0.15) is 0 Å². The number of carbonyl (C=O) groups is 1. The predicted octanol–water partition coefficient (Wildman–Crippen LogP) is 4.39. The molecule has 0 radical (unpaired) electrons. The Balaban J connectivity index is 1.87. The van der Waals surface area contributed by atoms with E-state index in [4.69, 9.17) is 0 Å². The van der Waals surface area contributed by atoms with E-state index < -0.39 is 0 Å². The molecular formula is C21H26N2O. The first-order valence-electron chi connectivity index (χ1n) is 8.84. The fraction of sp³-hybridized carbons (Fsp3) is 0.381. The molecule has 1 N–H and O–H groups in total. The van der Waals surface area contributed by atoms with E-state index in [1.807, 2.05) is 23.1 Å². The zero-order valence-corrected chi connectivity index (χ0v) is 14.5. The lowest BCUT2D eigenvalue weighted by molar-refractivity contribution is 0.179. The van der Waals surface area contributed by atoms with Gasteiger partial charge in [0.15, 0.2) is 0 Å². The van der Waals surface area contributed by atoms with E-state index in [1.165, 1.54) is 16.7 Å². The van der Waals surface area contributed by atoms with Gasteiger partial charge in [0, 0.05) is 13.1 Å². The fourth-order valence-electron chi connectivity index (χ4n) is 3.35. The Kier molecular flexibility index (Phi) is 5.19. The summed E-state index contributed by atoms with van der Waals surface area (Å²) >= 11 is 0. The van der Waals surface area contributed by atoms with Gasteiger partial charge in [-0.3, -0.25) is 0 Å². The second kappa shape index (κ2) is 7.52. The van der Waals surface area contributed by atoms with E-state index in [9.17, 15) is 4.79 Å². The molecule has 1 heterocycles. The molecule has 0 spiro atoms. The Hall–Kier alpha value is -2.29. The van der Waals surface area contributed by atoms with Crippen LogP contribution in [0.25, 0.3) is 0 Å². The van der Waals surface area contributed by atoms with Gasteiger partial charge in [0.05, 0.1) is 6.04 Å². The molecule has 2 aromatic rings. The second-order valence-electron chi connectivity index (χ2n) is 6.87. The van der Waals surface area contributed by atoms with Crippen LogP contribution in [0.1, 0.15) is 43.0 Å². The van der Waals surface area contributed by atoms with Crippen molar-refractivity contribution >= 4 is 6.03 Å². The normalized spacial score (nSPS) is 16.8. The van der Waals surface area contributed by atoms with Crippen molar-refractivity contribution in [2.75, 3.05) is 13.1 Å². The summed E-state index contributed by atoms with van der Waals surface area (Å²) in [6.45, 7) is 5.84. The summed E-state index contributed by atoms with van der Waals surface area (Å²) in [5.41, 5.74) is 3.76. The third-order valence-electron chi connectivity index (χ3n) is 4.66. The minimum absolute atomic E-state index is 0.00444. The Morgan fingerprint density at radius 2 is 1.83 bits per heavy atom. The highest BCUT2D eigenvalue weighted by Gasteiger charge is 2.31. The molecule has 1 aliphatic heterocycles. The van der Waals surface area contributed by atoms with E-state index in [0.29, 0.717) is 5.92 Å². The number of carbonyl (C=O) groups excluding carboxylic acids is 1. The van der Waals surface area contributed by atoms with Crippen LogP contribution in [0.4, 0.5) is 4.79 Å². The molecule has 0 saturated carbocycles. The number of rotatable bonds is 4. The number of amides is 2. The Morgan fingerprint density at radius 3 is 2.58 bits per heavy atom. The summed E-state index contributed by atoms with van der Waals surface area (Å²) in [5, 5.41) is 3.10. The van der Waals surface area contributed by atoms with Crippen LogP contribution in [0.15, 0.2) is 54.6 Å². The fourth-order valence-corrected chi connectivity index (χ4v) is 3.35. The maximum absolute atomic E-state index is 12.8. The minimum atomic E-state index is -0.00444. The topological polar surface area (TPSA) is 32.3 Å². The van der Waals surface area contributed by atoms with E-state index in [2.05, 4.69) is 55.6 Å². The van der Waals surface area contributed by atoms with Gasteiger partial charge in [0.25, 0.3) is 0 Å². The van der Waals surface area contributed by atoms with Gasteiger partial charge in [0.2, 0.25) is 0 Å². The quantitative estimate of drug-likeness (QED) is 0.889. The molecular weight excluding hydrogens is 296 g/mol. The van der Waals surface area contributed by atoms with Crippen LogP contribution in [0.2, 0.25) is 0 Å². The van der Waals surface area contributed by atoms with Crippen molar-refractivity contribution in [2.24, 2.45) is 5.92 Å². The maximum atomic E-state index is 12.8. The van der Waals surface area contributed by atoms with Crippen LogP contribution in [0, 0.1) is 5.92 Å². The van der Waals surface area contributed by atoms with Gasteiger partial charge in [-0.05, 0) is 35.4 Å². The van der Waals surface area contributed by atoms with Crippen LogP contribution >= 0.6 is 0 Å². The molecule has 0 fully saturated rings. The van der Waals surface area contributed by atoms with Crippen LogP contribution in [-0.4, -0.2) is 24.0 Å². The van der Waals surface area contributed by atoms with E-state index in [1.54, 1.807) is 0 Å². The highest BCUT2D eigenvalue weighted by Crippen LogP contribution is 2.34. The van der Waals surface area contributed by atoms with Crippen LogP contribution < -0.4 is 5.32 Å². The molecule has 1 unspecified atom stereocenters. The molecule has 2 amide bonds. The monoisotopic (exact) mass is 322 g/mol. The molecule has 24 heavy (non-hydrogen) atoms. The first-order chi connectivity index (χ1) is 11.7. The summed E-state index contributed by atoms with van der Waals surface area (Å²) in [6.07, 6.45) is 1.92. The van der Waals surface area contributed by atoms with Gasteiger partial charge < -0.3 is 10.2 Å². The van der Waals surface area contributed by atoms with Gasteiger partial charge in [-0.1, -0.05) is 68.4 Å². The van der Waals surface area contributed by atoms with Crippen LogP contribution in [0.5, 0.6) is 0 Å². The molecule has 0 saturated heterocycles. The third-order valence-corrected chi connectivity index (χ3v) is 4.66. The summed E-state index contributed by atoms with van der Waals surface area (Å²) in [5.74, 6) is 0.595. The highest BCUT2D eigenvalue weighted by atomic mass is 16.2. The van der Waals surface area contributed by atoms with E-state index in [-0.39, 0.29) is 12.1 Å². The number of nitrogens with zero attached hydrogens (tertiary/aromatic N) is 1. The molecule has 0 bridgehead atoms. The lowest BCUT2D eigenvalue weighted by atomic mass is 9.88. The number of urea groups is 1. The Morgan fingerprint density at radius 1 is 1.12 bits per heavy atom. The standard InChI is InChI=1S/C21H26N2O/c1-16(2)12-14-22-21(24)23-15-13-17-8-6-7-11-19(17)20(23)18-9-4-3-5-10-18/h3-11,16,20H,12-15H2,1-2H3,(H,22,24). The molecule has 2 aromatic carbocycles. The Bertz CT molecular complexity index is 681. The molecule has 0 aliphatic carbocycles. The molecule has 3 nitrogen and oxygen atoms in total. The summed E-state index contributed by atoms with van der Waals surface area (Å²) in [4.78, 5) is 14.8. The zero-order valence-electron chi connectivity index (χ0n) is 14.5. The van der Waals surface area contributed by atoms with Crippen molar-refractivity contribution in [3.8, 4) is 0 Å². The average Bonchev–Trinajstić information content (AvgIpc) is 2.61. The van der Waals surface area contributed by atoms with E-state index >= 15 is 0 Å². The van der Waals surface area contributed by atoms with Crippen LogP contribution in [-0.2, 0) is 6.42 Å². The molecule has 3 heteroatoms. The molecule has 1 atom stereocenters. The van der Waals surface area contributed by atoms with Gasteiger partial charge >= 0.3 is 6.03 Å². The maximum Gasteiger partial charge on any atom is 0.318 e. The lowest BCUT2D eigenvalue weighted by Gasteiger charge is -2.37. The molecule has 126 valence electrons. The number of fused-ring (bicyclic) bond motifs is 1. The number of benzene rings is 2. The third kappa shape index (κ3) is 3.61. The highest BCUT2D eigenvalue weighted by molar-refractivity contribution is 5.76. The van der Waals surface area contributed by atoms with Crippen molar-refractivity contribution < 1.29 is 4.79 Å². The summed E-state index contributed by atoms with van der Waals surface area (Å²) < 4.78 is 0. The number of hydrogen-bond donors (Lipinski definition) is 1. The van der Waals surface area contributed by atoms with Crippen molar-refractivity contribution in [1.29, 1.82) is 0 Å². The van der Waals surface area contributed by atoms with Crippen molar-refractivity contribution in [1.82, 2.24) is 10.2 Å². The van der Waals surface area contributed by atoms with Gasteiger partial charge in [-0.25, -0.2) is 4.79 Å². The minimum Gasteiger partial charge on any atom is -0.338 e. The van der Waals surface area contributed by atoms with Gasteiger partial charge in [-0.15, -0.1) is 0 Å². The predicted molar refractivity (Wildman–Crippen MR) is 98.0 cm³/mol. The lowest BCUT2D eigenvalue weighted by Crippen LogP contribution is -2.46. The Labute approximate surface area is 144 Å². The summed E-state index contributed by atoms with van der Waals surface area (Å²) in [6, 6.07) is 18.8. The first kappa shape index (κ1) is 16.6. The first-order valence-corrected chi connectivity index (χ1v) is 8.84. The van der Waals surface area contributed by atoms with E-state index in [0.717, 1.165) is 25.9 Å². The van der Waals surface area contributed by atoms with Crippen molar-refractivity contribution in [3.05, 3.63) is 71.3 Å². The smallest absolute Gasteiger partial charge is 0.318 e. The zero-order chi connectivity index (χ0) is 16.9.